The summed E-state index contributed by atoms with van der Waals surface area (Å²) in [5.41, 5.74) is 2.84. The predicted octanol–water partition coefficient (Wildman–Crippen LogP) is 4.00. The zero-order valence-corrected chi connectivity index (χ0v) is 13.9. The molecule has 0 fully saturated rings. The molecule has 0 aromatic heterocycles. The Morgan fingerprint density at radius 2 is 1.71 bits per heavy atom. The summed E-state index contributed by atoms with van der Waals surface area (Å²) < 4.78 is 38.2. The molecule has 2 aromatic rings. The average Bonchev–Trinajstić information content (AvgIpc) is 2.58. The first-order valence-electron chi connectivity index (χ1n) is 8.24. The zero-order chi connectivity index (χ0) is 17.1. The second-order valence-electron chi connectivity index (χ2n) is 5.67. The van der Waals surface area contributed by atoms with Crippen molar-refractivity contribution >= 4 is 0 Å². The molecule has 0 saturated carbocycles. The van der Waals surface area contributed by atoms with Crippen LogP contribution in [0.5, 0.6) is 11.5 Å². The molecule has 0 radical (unpaired) electrons. The number of ether oxygens (including phenoxy) is 2. The summed E-state index contributed by atoms with van der Waals surface area (Å²) in [7, 11) is 0. The van der Waals surface area contributed by atoms with Crippen molar-refractivity contribution in [1.82, 2.24) is 5.32 Å². The van der Waals surface area contributed by atoms with Crippen LogP contribution in [0.15, 0.2) is 30.3 Å². The van der Waals surface area contributed by atoms with Crippen LogP contribution in [0.25, 0.3) is 0 Å². The largest absolute Gasteiger partial charge is 0.490 e. The summed E-state index contributed by atoms with van der Waals surface area (Å²) in [6.45, 7) is 5.70. The number of halogens is 2. The van der Waals surface area contributed by atoms with E-state index in [2.05, 4.69) is 5.32 Å². The van der Waals surface area contributed by atoms with Crippen molar-refractivity contribution in [2.24, 2.45) is 0 Å². The number of fused-ring (bicyclic) bond motifs is 1. The lowest BCUT2D eigenvalue weighted by molar-refractivity contribution is 0.286. The van der Waals surface area contributed by atoms with Gasteiger partial charge in [-0.1, -0.05) is 6.07 Å². The van der Waals surface area contributed by atoms with Crippen molar-refractivity contribution in [3.05, 3.63) is 58.7 Å². The lowest BCUT2D eigenvalue weighted by atomic mass is 9.89. The highest BCUT2D eigenvalue weighted by atomic mass is 19.2. The first-order valence-corrected chi connectivity index (χ1v) is 8.24. The van der Waals surface area contributed by atoms with Gasteiger partial charge in [0.05, 0.1) is 19.3 Å². The fraction of sp³-hybridized carbons (Fsp3) is 0.368. The summed E-state index contributed by atoms with van der Waals surface area (Å²) in [5, 5.41) is 3.37. The van der Waals surface area contributed by atoms with Gasteiger partial charge >= 0.3 is 0 Å². The topological polar surface area (TPSA) is 30.5 Å². The first-order chi connectivity index (χ1) is 11.6. The maximum absolute atomic E-state index is 13.6. The molecule has 5 heteroatoms. The van der Waals surface area contributed by atoms with Gasteiger partial charge in [0, 0.05) is 6.54 Å². The molecule has 1 aliphatic heterocycles. The summed E-state index contributed by atoms with van der Waals surface area (Å²) >= 11 is 0. The van der Waals surface area contributed by atoms with E-state index in [1.54, 1.807) is 6.07 Å². The number of rotatable bonds is 5. The minimum atomic E-state index is -0.837. The second-order valence-corrected chi connectivity index (χ2v) is 5.67. The van der Waals surface area contributed by atoms with Crippen molar-refractivity contribution in [3.8, 4) is 11.5 Å². The molecule has 2 aromatic carbocycles. The molecule has 0 saturated heterocycles. The van der Waals surface area contributed by atoms with E-state index < -0.39 is 11.6 Å². The van der Waals surface area contributed by atoms with Gasteiger partial charge in [-0.25, -0.2) is 8.78 Å². The molecule has 1 atom stereocenters. The van der Waals surface area contributed by atoms with Crippen molar-refractivity contribution in [2.75, 3.05) is 19.8 Å². The fourth-order valence-corrected chi connectivity index (χ4v) is 3.09. The Labute approximate surface area is 140 Å². The van der Waals surface area contributed by atoms with Gasteiger partial charge in [0.2, 0.25) is 0 Å². The first kappa shape index (κ1) is 16.7. The Hall–Kier alpha value is -2.14. The van der Waals surface area contributed by atoms with Gasteiger partial charge in [0.1, 0.15) is 0 Å². The van der Waals surface area contributed by atoms with Gasteiger partial charge in [0.15, 0.2) is 23.1 Å². The molecule has 0 spiro atoms. The summed E-state index contributed by atoms with van der Waals surface area (Å²) in [4.78, 5) is 0. The average molecular weight is 333 g/mol. The number of hydrogen-bond acceptors (Lipinski definition) is 3. The van der Waals surface area contributed by atoms with Gasteiger partial charge in [-0.15, -0.1) is 0 Å². The van der Waals surface area contributed by atoms with Gasteiger partial charge in [0.25, 0.3) is 0 Å². The number of benzene rings is 2. The van der Waals surface area contributed by atoms with Gasteiger partial charge in [-0.3, -0.25) is 0 Å². The third-order valence-corrected chi connectivity index (χ3v) is 4.14. The quantitative estimate of drug-likeness (QED) is 0.897. The smallest absolute Gasteiger partial charge is 0.161 e. The van der Waals surface area contributed by atoms with E-state index >= 15 is 0 Å². The van der Waals surface area contributed by atoms with Crippen LogP contribution in [0.1, 0.15) is 36.6 Å². The van der Waals surface area contributed by atoms with E-state index in [-0.39, 0.29) is 6.04 Å². The lowest BCUT2D eigenvalue weighted by Gasteiger charge is -2.29. The zero-order valence-electron chi connectivity index (χ0n) is 13.9. The van der Waals surface area contributed by atoms with Gasteiger partial charge in [-0.2, -0.15) is 0 Å². The molecule has 0 amide bonds. The SMILES string of the molecule is CCOc1cc2c(cc1OCC)[C@H](c1ccc(F)c(F)c1)NCC2. The van der Waals surface area contributed by atoms with Crippen LogP contribution >= 0.6 is 0 Å². The molecule has 0 aliphatic carbocycles. The summed E-state index contributed by atoms with van der Waals surface area (Å²) in [6.07, 6.45) is 0.849. The minimum absolute atomic E-state index is 0.196. The molecule has 0 unspecified atom stereocenters. The Balaban J connectivity index is 2.05. The van der Waals surface area contributed by atoms with E-state index in [0.29, 0.717) is 24.5 Å². The van der Waals surface area contributed by atoms with Crippen molar-refractivity contribution < 1.29 is 18.3 Å². The van der Waals surface area contributed by atoms with Crippen molar-refractivity contribution in [2.45, 2.75) is 26.3 Å². The maximum atomic E-state index is 13.6. The van der Waals surface area contributed by atoms with Crippen LogP contribution in [-0.2, 0) is 6.42 Å². The third-order valence-electron chi connectivity index (χ3n) is 4.14. The normalized spacial score (nSPS) is 16.6. The molecule has 3 rings (SSSR count). The van der Waals surface area contributed by atoms with Crippen molar-refractivity contribution in [3.63, 3.8) is 0 Å². The Bertz CT molecular complexity index is 734. The molecular weight excluding hydrogens is 312 g/mol. The second kappa shape index (κ2) is 7.18. The predicted molar refractivity (Wildman–Crippen MR) is 88.7 cm³/mol. The van der Waals surface area contributed by atoms with Crippen LogP contribution in [0.3, 0.4) is 0 Å². The van der Waals surface area contributed by atoms with E-state index in [4.69, 9.17) is 9.47 Å². The third kappa shape index (κ3) is 3.22. The lowest BCUT2D eigenvalue weighted by Crippen LogP contribution is -2.30. The summed E-state index contributed by atoms with van der Waals surface area (Å²) in [5.74, 6) is -0.271. The van der Waals surface area contributed by atoms with Gasteiger partial charge < -0.3 is 14.8 Å². The summed E-state index contributed by atoms with van der Waals surface area (Å²) in [6, 6.07) is 7.78. The number of hydrogen-bond donors (Lipinski definition) is 1. The highest BCUT2D eigenvalue weighted by molar-refractivity contribution is 5.51. The van der Waals surface area contributed by atoms with Crippen LogP contribution in [-0.4, -0.2) is 19.8 Å². The molecule has 24 heavy (non-hydrogen) atoms. The number of nitrogens with one attached hydrogen (secondary N) is 1. The van der Waals surface area contributed by atoms with E-state index in [1.807, 2.05) is 26.0 Å². The molecule has 0 bridgehead atoms. The Morgan fingerprint density at radius 3 is 2.38 bits per heavy atom. The van der Waals surface area contributed by atoms with Crippen molar-refractivity contribution in [1.29, 1.82) is 0 Å². The molecular formula is C19H21F2NO2. The van der Waals surface area contributed by atoms with Gasteiger partial charge in [-0.05, 0) is 61.2 Å². The Kier molecular flexibility index (Phi) is 5.00. The van der Waals surface area contributed by atoms with E-state index in [0.717, 1.165) is 29.8 Å². The Morgan fingerprint density at radius 1 is 1.00 bits per heavy atom. The highest BCUT2D eigenvalue weighted by Crippen LogP contribution is 2.38. The van der Waals surface area contributed by atoms with Crippen LogP contribution in [0.4, 0.5) is 8.78 Å². The monoisotopic (exact) mass is 333 g/mol. The molecule has 128 valence electrons. The molecule has 1 aliphatic rings. The molecule has 1 heterocycles. The maximum Gasteiger partial charge on any atom is 0.161 e. The standard InChI is InChI=1S/C19H21F2NO2/c1-3-23-17-10-12-7-8-22-19(14(12)11-18(17)24-4-2)13-5-6-15(20)16(21)9-13/h5-6,9-11,19,22H,3-4,7-8H2,1-2H3/t19-/m0/s1. The fourth-order valence-electron chi connectivity index (χ4n) is 3.09. The highest BCUT2D eigenvalue weighted by Gasteiger charge is 2.24. The van der Waals surface area contributed by atoms with Crippen LogP contribution in [0.2, 0.25) is 0 Å². The van der Waals surface area contributed by atoms with E-state index in [1.165, 1.54) is 12.1 Å². The van der Waals surface area contributed by atoms with E-state index in [9.17, 15) is 8.78 Å². The molecule has 3 nitrogen and oxygen atoms in total. The van der Waals surface area contributed by atoms with Crippen LogP contribution < -0.4 is 14.8 Å². The molecule has 1 N–H and O–H groups in total. The van der Waals surface area contributed by atoms with Crippen LogP contribution in [0, 0.1) is 11.6 Å². The minimum Gasteiger partial charge on any atom is -0.490 e.